The van der Waals surface area contributed by atoms with Crippen LogP contribution in [0, 0.1) is 22.7 Å². The maximum atomic E-state index is 5.49. The third kappa shape index (κ3) is 1.52. The summed E-state index contributed by atoms with van der Waals surface area (Å²) in [6.45, 7) is 7.03. The van der Waals surface area contributed by atoms with Gasteiger partial charge in [0.1, 0.15) is 0 Å². The van der Waals surface area contributed by atoms with Crippen molar-refractivity contribution in [1.29, 1.82) is 0 Å². The van der Waals surface area contributed by atoms with Gasteiger partial charge in [0.2, 0.25) is 0 Å². The molecule has 1 aliphatic carbocycles. The van der Waals surface area contributed by atoms with Crippen LogP contribution in [0.15, 0.2) is 0 Å². The van der Waals surface area contributed by atoms with Gasteiger partial charge in [0, 0.05) is 18.5 Å². The van der Waals surface area contributed by atoms with Crippen LogP contribution in [0.25, 0.3) is 0 Å². The van der Waals surface area contributed by atoms with Gasteiger partial charge < -0.3 is 15.4 Å². The lowest BCUT2D eigenvalue weighted by molar-refractivity contribution is -0.155. The standard InChI is InChI=1S/C14H24N2O/c1-2-13(7-15-3-1)4-11(5-13)12-6-16-8-14(12)9-17-10-14/h11-12,15-16H,1-10H2. The fourth-order valence-electron chi connectivity index (χ4n) is 4.89. The van der Waals surface area contributed by atoms with Gasteiger partial charge in [-0.25, -0.2) is 0 Å². The first kappa shape index (κ1) is 10.8. The Labute approximate surface area is 104 Å². The molecule has 0 radical (unpaired) electrons. The molecule has 1 saturated carbocycles. The van der Waals surface area contributed by atoms with Crippen molar-refractivity contribution in [2.24, 2.45) is 22.7 Å². The summed E-state index contributed by atoms with van der Waals surface area (Å²) >= 11 is 0. The largest absolute Gasteiger partial charge is 0.380 e. The highest BCUT2D eigenvalue weighted by atomic mass is 16.5. The average Bonchev–Trinajstić information content (AvgIpc) is 2.70. The molecule has 17 heavy (non-hydrogen) atoms. The number of hydrogen-bond donors (Lipinski definition) is 2. The van der Waals surface area contributed by atoms with Crippen LogP contribution >= 0.6 is 0 Å². The van der Waals surface area contributed by atoms with Crippen molar-refractivity contribution in [3.05, 3.63) is 0 Å². The minimum atomic E-state index is 0.536. The maximum absolute atomic E-state index is 5.49. The molecule has 3 saturated heterocycles. The van der Waals surface area contributed by atoms with Crippen LogP contribution in [0.3, 0.4) is 0 Å². The molecule has 3 heterocycles. The molecular formula is C14H24N2O. The van der Waals surface area contributed by atoms with Gasteiger partial charge in [-0.2, -0.15) is 0 Å². The molecule has 2 spiro atoms. The summed E-state index contributed by atoms with van der Waals surface area (Å²) in [6.07, 6.45) is 5.83. The first-order valence-corrected chi connectivity index (χ1v) is 7.31. The number of rotatable bonds is 1. The van der Waals surface area contributed by atoms with Gasteiger partial charge in [-0.15, -0.1) is 0 Å². The molecule has 0 amide bonds. The second-order valence-electron chi connectivity index (χ2n) is 7.04. The smallest absolute Gasteiger partial charge is 0.0560 e. The molecule has 4 aliphatic rings. The summed E-state index contributed by atoms with van der Waals surface area (Å²) in [4.78, 5) is 0. The van der Waals surface area contributed by atoms with E-state index in [0.29, 0.717) is 10.8 Å². The zero-order chi connectivity index (χ0) is 11.3. The lowest BCUT2D eigenvalue weighted by Crippen LogP contribution is -2.56. The molecule has 96 valence electrons. The molecule has 3 heteroatoms. The molecule has 0 bridgehead atoms. The third-order valence-electron chi connectivity index (χ3n) is 5.93. The van der Waals surface area contributed by atoms with E-state index in [1.165, 1.54) is 51.9 Å². The third-order valence-corrected chi connectivity index (χ3v) is 5.93. The highest BCUT2D eigenvalue weighted by Crippen LogP contribution is 2.57. The second-order valence-corrected chi connectivity index (χ2v) is 7.04. The summed E-state index contributed by atoms with van der Waals surface area (Å²) in [5.74, 6) is 1.89. The van der Waals surface area contributed by atoms with E-state index < -0.39 is 0 Å². The van der Waals surface area contributed by atoms with Gasteiger partial charge in [-0.3, -0.25) is 0 Å². The number of nitrogens with one attached hydrogen (secondary N) is 2. The summed E-state index contributed by atoms with van der Waals surface area (Å²) in [7, 11) is 0. The van der Waals surface area contributed by atoms with E-state index in [9.17, 15) is 0 Å². The van der Waals surface area contributed by atoms with E-state index in [1.807, 2.05) is 0 Å². The zero-order valence-corrected chi connectivity index (χ0v) is 10.6. The molecule has 1 atom stereocenters. The van der Waals surface area contributed by atoms with Crippen molar-refractivity contribution in [2.75, 3.05) is 39.4 Å². The van der Waals surface area contributed by atoms with Crippen molar-refractivity contribution < 1.29 is 4.74 Å². The minimum absolute atomic E-state index is 0.536. The summed E-state index contributed by atoms with van der Waals surface area (Å²) in [5, 5.41) is 7.21. The first-order chi connectivity index (χ1) is 8.32. The van der Waals surface area contributed by atoms with Gasteiger partial charge in [0.15, 0.2) is 0 Å². The van der Waals surface area contributed by atoms with E-state index in [2.05, 4.69) is 10.6 Å². The van der Waals surface area contributed by atoms with Gasteiger partial charge in [-0.1, -0.05) is 0 Å². The van der Waals surface area contributed by atoms with Crippen molar-refractivity contribution in [1.82, 2.24) is 10.6 Å². The molecule has 3 aliphatic heterocycles. The van der Waals surface area contributed by atoms with Gasteiger partial charge >= 0.3 is 0 Å². The van der Waals surface area contributed by atoms with Crippen LogP contribution in [0.2, 0.25) is 0 Å². The second kappa shape index (κ2) is 3.69. The normalized spacial score (nSPS) is 48.0. The summed E-state index contributed by atoms with van der Waals surface area (Å²) < 4.78 is 5.49. The van der Waals surface area contributed by atoms with Crippen LogP contribution in [0.4, 0.5) is 0 Å². The Morgan fingerprint density at radius 3 is 2.59 bits per heavy atom. The Kier molecular flexibility index (Phi) is 2.34. The molecule has 0 aromatic rings. The van der Waals surface area contributed by atoms with E-state index >= 15 is 0 Å². The highest BCUT2D eigenvalue weighted by Gasteiger charge is 2.57. The van der Waals surface area contributed by atoms with Crippen LogP contribution < -0.4 is 10.6 Å². The lowest BCUT2D eigenvalue weighted by Gasteiger charge is -2.56. The molecule has 0 aromatic heterocycles. The van der Waals surface area contributed by atoms with E-state index in [1.54, 1.807) is 0 Å². The predicted octanol–water partition coefficient (Wildman–Crippen LogP) is 1.00. The molecule has 0 aromatic carbocycles. The number of ether oxygens (including phenoxy) is 1. The fourth-order valence-corrected chi connectivity index (χ4v) is 4.89. The lowest BCUT2D eigenvalue weighted by atomic mass is 9.52. The van der Waals surface area contributed by atoms with Crippen molar-refractivity contribution in [3.8, 4) is 0 Å². The van der Waals surface area contributed by atoms with Gasteiger partial charge in [-0.05, 0) is 56.0 Å². The molecule has 4 fully saturated rings. The Morgan fingerprint density at radius 2 is 1.94 bits per heavy atom. The molecule has 1 unspecified atom stereocenters. The maximum Gasteiger partial charge on any atom is 0.0560 e. The zero-order valence-electron chi connectivity index (χ0n) is 10.6. The highest BCUT2D eigenvalue weighted by molar-refractivity contribution is 5.08. The Morgan fingerprint density at radius 1 is 1.06 bits per heavy atom. The Bertz CT molecular complexity index is 299. The van der Waals surface area contributed by atoms with E-state index in [0.717, 1.165) is 25.0 Å². The molecule has 4 rings (SSSR count). The van der Waals surface area contributed by atoms with Gasteiger partial charge in [0.25, 0.3) is 0 Å². The Balaban J connectivity index is 1.41. The first-order valence-electron chi connectivity index (χ1n) is 7.31. The van der Waals surface area contributed by atoms with Crippen molar-refractivity contribution in [3.63, 3.8) is 0 Å². The molecule has 3 nitrogen and oxygen atoms in total. The van der Waals surface area contributed by atoms with Crippen LogP contribution in [0.1, 0.15) is 25.7 Å². The van der Waals surface area contributed by atoms with Crippen LogP contribution in [-0.4, -0.2) is 39.4 Å². The predicted molar refractivity (Wildman–Crippen MR) is 66.9 cm³/mol. The van der Waals surface area contributed by atoms with E-state index in [4.69, 9.17) is 4.74 Å². The minimum Gasteiger partial charge on any atom is -0.380 e. The summed E-state index contributed by atoms with van der Waals surface area (Å²) in [6, 6.07) is 0. The molecular weight excluding hydrogens is 212 g/mol. The monoisotopic (exact) mass is 236 g/mol. The topological polar surface area (TPSA) is 33.3 Å². The quantitative estimate of drug-likeness (QED) is 0.713. The SMILES string of the molecule is C1CNCC2(C1)CC(C1CNCC13COC3)C2. The number of piperidine rings is 1. The van der Waals surface area contributed by atoms with Gasteiger partial charge in [0.05, 0.1) is 13.2 Å². The fraction of sp³-hybridized carbons (Fsp3) is 1.00. The van der Waals surface area contributed by atoms with Crippen molar-refractivity contribution >= 4 is 0 Å². The van der Waals surface area contributed by atoms with Crippen molar-refractivity contribution in [2.45, 2.75) is 25.7 Å². The summed E-state index contributed by atoms with van der Waals surface area (Å²) in [5.41, 5.74) is 1.23. The molecule has 2 N–H and O–H groups in total. The average molecular weight is 236 g/mol. The Hall–Kier alpha value is -0.120. The van der Waals surface area contributed by atoms with Crippen LogP contribution in [-0.2, 0) is 4.74 Å². The number of hydrogen-bond acceptors (Lipinski definition) is 3. The van der Waals surface area contributed by atoms with Crippen LogP contribution in [0.5, 0.6) is 0 Å². The van der Waals surface area contributed by atoms with E-state index in [-0.39, 0.29) is 0 Å².